The van der Waals surface area contributed by atoms with Gasteiger partial charge in [-0.25, -0.2) is 8.42 Å². The lowest BCUT2D eigenvalue weighted by molar-refractivity contribution is -0.926. The van der Waals surface area contributed by atoms with E-state index in [1.165, 1.54) is 16.2 Å². The normalized spacial score (nSPS) is 16.7. The number of nitrogens with zero attached hydrogens (tertiary/aromatic N) is 3. The summed E-state index contributed by atoms with van der Waals surface area (Å²) in [4.78, 5) is 1.70. The van der Waals surface area contributed by atoms with Crippen molar-refractivity contribution in [2.75, 3.05) is 38.5 Å². The molecule has 1 saturated heterocycles. The van der Waals surface area contributed by atoms with Crippen LogP contribution in [-0.2, 0) is 16.7 Å². The number of benzene rings is 1. The molecule has 0 saturated carbocycles. The maximum Gasteiger partial charge on any atom is 0.243 e. The molecule has 26 heavy (non-hydrogen) atoms. The van der Waals surface area contributed by atoms with Gasteiger partial charge in [-0.05, 0) is 43.3 Å². The minimum absolute atomic E-state index is 0.418. The molecule has 2 N–H and O–H groups in total. The van der Waals surface area contributed by atoms with E-state index in [9.17, 15) is 8.42 Å². The zero-order valence-corrected chi connectivity index (χ0v) is 17.6. The molecule has 0 amide bonds. The number of sulfonamides is 1. The molecule has 0 bridgehead atoms. The molecule has 0 radical (unpaired) electrons. The Bertz CT molecular complexity index is 943. The summed E-state index contributed by atoms with van der Waals surface area (Å²) >= 11 is 6.78. The maximum absolute atomic E-state index is 13.0. The number of aryl methyl sites for hydroxylation is 2. The summed E-state index contributed by atoms with van der Waals surface area (Å²) < 4.78 is 30.1. The number of hydrogen-bond donors (Lipinski definition) is 2. The lowest BCUT2D eigenvalue weighted by atomic mass is 10.2. The minimum atomic E-state index is -3.45. The summed E-state index contributed by atoms with van der Waals surface area (Å²) in [5, 5.41) is 8.23. The van der Waals surface area contributed by atoms with Gasteiger partial charge >= 0.3 is 0 Å². The van der Waals surface area contributed by atoms with E-state index in [1.807, 2.05) is 37.7 Å². The highest BCUT2D eigenvalue weighted by molar-refractivity contribution is 7.89. The number of nitrogens with one attached hydrogen (secondary N) is 2. The molecule has 2 heterocycles. The van der Waals surface area contributed by atoms with Gasteiger partial charge in [-0.15, -0.1) is 5.10 Å². The van der Waals surface area contributed by atoms with Crippen LogP contribution in [0, 0.1) is 17.8 Å². The Morgan fingerprint density at radius 2 is 2.00 bits per heavy atom. The van der Waals surface area contributed by atoms with Gasteiger partial charge in [0, 0.05) is 7.05 Å². The van der Waals surface area contributed by atoms with Crippen LogP contribution >= 0.6 is 23.6 Å². The number of quaternary nitrogens is 1. The van der Waals surface area contributed by atoms with E-state index in [0.717, 1.165) is 33.3 Å². The van der Waals surface area contributed by atoms with Gasteiger partial charge in [0.25, 0.3) is 0 Å². The molecule has 1 aliphatic heterocycles. The average molecular weight is 415 g/mol. The van der Waals surface area contributed by atoms with Crippen LogP contribution in [0.2, 0.25) is 0 Å². The number of anilines is 1. The van der Waals surface area contributed by atoms with Crippen LogP contribution in [0.3, 0.4) is 0 Å². The first-order valence-corrected chi connectivity index (χ1v) is 11.1. The molecule has 0 spiro atoms. The molecule has 1 aliphatic rings. The monoisotopic (exact) mass is 414 g/mol. The lowest BCUT2D eigenvalue weighted by Gasteiger charge is -2.31. The Kier molecular flexibility index (Phi) is 5.78. The number of piperazine rings is 1. The summed E-state index contributed by atoms with van der Waals surface area (Å²) in [5.41, 5.74) is 1.75. The van der Waals surface area contributed by atoms with E-state index < -0.39 is 10.0 Å². The van der Waals surface area contributed by atoms with E-state index >= 15 is 0 Å². The maximum atomic E-state index is 13.0. The van der Waals surface area contributed by atoms with Crippen LogP contribution in [0.25, 0.3) is 0 Å². The number of aromatic nitrogens is 2. The molecule has 1 aromatic heterocycles. The molecule has 0 aliphatic carbocycles. The van der Waals surface area contributed by atoms with Gasteiger partial charge in [-0.1, -0.05) is 23.5 Å². The molecule has 0 atom stereocenters. The Balaban J connectivity index is 1.68. The quantitative estimate of drug-likeness (QED) is 0.711. The highest BCUT2D eigenvalue weighted by Crippen LogP contribution is 2.21. The third-order valence-electron chi connectivity index (χ3n) is 4.58. The Morgan fingerprint density at radius 1 is 1.31 bits per heavy atom. The van der Waals surface area contributed by atoms with Gasteiger partial charge in [0.1, 0.15) is 0 Å². The SMILES string of the molecule is CNc1nn(C[NH+]2CCN(S(=O)(=O)c3cc(C)ccc3C)CC2)c(=S)s1. The van der Waals surface area contributed by atoms with Crippen molar-refractivity contribution in [3.05, 3.63) is 33.3 Å². The minimum Gasteiger partial charge on any atom is -0.363 e. The second kappa shape index (κ2) is 7.73. The van der Waals surface area contributed by atoms with E-state index in [0.29, 0.717) is 24.7 Å². The predicted molar refractivity (Wildman–Crippen MR) is 106 cm³/mol. The molecule has 7 nitrogen and oxygen atoms in total. The zero-order chi connectivity index (χ0) is 18.9. The molecule has 1 aromatic carbocycles. The van der Waals surface area contributed by atoms with Gasteiger partial charge in [-0.2, -0.15) is 8.99 Å². The van der Waals surface area contributed by atoms with Crippen LogP contribution in [0.15, 0.2) is 23.1 Å². The average Bonchev–Trinajstić information content (AvgIpc) is 2.97. The van der Waals surface area contributed by atoms with Crippen molar-refractivity contribution in [1.82, 2.24) is 14.1 Å². The molecule has 2 aromatic rings. The topological polar surface area (TPSA) is 71.7 Å². The van der Waals surface area contributed by atoms with Gasteiger partial charge in [0.2, 0.25) is 15.2 Å². The van der Waals surface area contributed by atoms with Crippen LogP contribution < -0.4 is 10.2 Å². The van der Waals surface area contributed by atoms with Gasteiger partial charge in [0.15, 0.2) is 10.6 Å². The van der Waals surface area contributed by atoms with Crippen molar-refractivity contribution in [3.63, 3.8) is 0 Å². The largest absolute Gasteiger partial charge is 0.363 e. The molecular formula is C16H24N5O2S3+. The summed E-state index contributed by atoms with van der Waals surface area (Å²) in [5.74, 6) is 0. The zero-order valence-electron chi connectivity index (χ0n) is 15.2. The lowest BCUT2D eigenvalue weighted by Crippen LogP contribution is -3.14. The van der Waals surface area contributed by atoms with Gasteiger partial charge in [-0.3, -0.25) is 0 Å². The second-order valence-corrected chi connectivity index (χ2v) is 10.0. The standard InChI is InChI=1S/C16H23N5O2S3/c1-12-4-5-13(2)14(10-12)26(22,23)20-8-6-19(7-9-20)11-21-16(24)25-15(17-3)18-21/h4-5,10H,6-9,11H2,1-3H3,(H,17,18)/p+1. The van der Waals surface area contributed by atoms with Crippen LogP contribution in [0.4, 0.5) is 5.13 Å². The van der Waals surface area contributed by atoms with Crippen molar-refractivity contribution < 1.29 is 13.3 Å². The number of hydrogen-bond acceptors (Lipinski definition) is 6. The van der Waals surface area contributed by atoms with Gasteiger partial charge in [0.05, 0.1) is 31.1 Å². The van der Waals surface area contributed by atoms with Crippen LogP contribution in [-0.4, -0.2) is 55.7 Å². The first-order valence-electron chi connectivity index (χ1n) is 8.48. The van der Waals surface area contributed by atoms with Gasteiger partial charge < -0.3 is 10.2 Å². The first kappa shape index (κ1) is 19.4. The molecular weight excluding hydrogens is 390 g/mol. The first-order chi connectivity index (χ1) is 12.3. The van der Waals surface area contributed by atoms with Crippen molar-refractivity contribution >= 4 is 38.7 Å². The fourth-order valence-corrected chi connectivity index (χ4v) is 5.76. The number of rotatable bonds is 5. The fourth-order valence-electron chi connectivity index (χ4n) is 3.04. The Hall–Kier alpha value is -1.33. The van der Waals surface area contributed by atoms with Crippen LogP contribution in [0.5, 0.6) is 0 Å². The molecule has 10 heteroatoms. The third-order valence-corrected chi connectivity index (χ3v) is 7.95. The highest BCUT2D eigenvalue weighted by atomic mass is 32.2. The summed E-state index contributed by atoms with van der Waals surface area (Å²) in [6, 6.07) is 5.57. The molecule has 1 fully saturated rings. The Morgan fingerprint density at radius 3 is 2.62 bits per heavy atom. The molecule has 3 rings (SSSR count). The van der Waals surface area contributed by atoms with E-state index in [1.54, 1.807) is 10.4 Å². The van der Waals surface area contributed by atoms with Crippen molar-refractivity contribution in [1.29, 1.82) is 0 Å². The predicted octanol–water partition coefficient (Wildman–Crippen LogP) is 0.880. The summed E-state index contributed by atoms with van der Waals surface area (Å²) in [7, 11) is -1.63. The summed E-state index contributed by atoms with van der Waals surface area (Å²) in [6.07, 6.45) is 0. The summed E-state index contributed by atoms with van der Waals surface area (Å²) in [6.45, 7) is 6.89. The third kappa shape index (κ3) is 3.99. The fraction of sp³-hybridized carbons (Fsp3) is 0.500. The van der Waals surface area contributed by atoms with Crippen molar-refractivity contribution in [2.45, 2.75) is 25.4 Å². The van der Waals surface area contributed by atoms with Crippen molar-refractivity contribution in [2.24, 2.45) is 0 Å². The Labute approximate surface area is 163 Å². The second-order valence-electron chi connectivity index (χ2n) is 6.50. The van der Waals surface area contributed by atoms with E-state index in [4.69, 9.17) is 12.2 Å². The van der Waals surface area contributed by atoms with E-state index in [-0.39, 0.29) is 0 Å². The van der Waals surface area contributed by atoms with E-state index in [2.05, 4.69) is 10.4 Å². The molecule has 0 unspecified atom stereocenters. The smallest absolute Gasteiger partial charge is 0.243 e. The van der Waals surface area contributed by atoms with Crippen molar-refractivity contribution in [3.8, 4) is 0 Å². The highest BCUT2D eigenvalue weighted by Gasteiger charge is 2.31. The van der Waals surface area contributed by atoms with Crippen LogP contribution in [0.1, 0.15) is 11.1 Å². The molecule has 142 valence electrons.